The van der Waals surface area contributed by atoms with Crippen LogP contribution in [0.15, 0.2) is 42.5 Å². The van der Waals surface area contributed by atoms with Crippen molar-refractivity contribution in [3.8, 4) is 5.75 Å². The van der Waals surface area contributed by atoms with Crippen molar-refractivity contribution >= 4 is 0 Å². The van der Waals surface area contributed by atoms with E-state index in [0.717, 1.165) is 43.7 Å². The highest BCUT2D eigenvalue weighted by atomic mass is 19.3. The lowest BCUT2D eigenvalue weighted by molar-refractivity contribution is -0.186. The van der Waals surface area contributed by atoms with E-state index in [0.29, 0.717) is 34.9 Å². The van der Waals surface area contributed by atoms with E-state index < -0.39 is 17.5 Å². The number of rotatable bonds is 7. The van der Waals surface area contributed by atoms with Crippen molar-refractivity contribution in [2.24, 2.45) is 11.8 Å². The van der Waals surface area contributed by atoms with Gasteiger partial charge in [-0.3, -0.25) is 0 Å². The van der Waals surface area contributed by atoms with E-state index >= 15 is 0 Å². The highest BCUT2D eigenvalue weighted by Crippen LogP contribution is 2.38. The molecule has 0 aromatic heterocycles. The third-order valence-electron chi connectivity index (χ3n) is 8.21. The van der Waals surface area contributed by atoms with Gasteiger partial charge in [0.1, 0.15) is 11.6 Å². The zero-order valence-electron chi connectivity index (χ0n) is 23.0. The summed E-state index contributed by atoms with van der Waals surface area (Å²) in [6.45, 7) is 11.9. The molecule has 0 heterocycles. The molecular weight excluding hydrogens is 469 g/mol. The van der Waals surface area contributed by atoms with Gasteiger partial charge in [-0.05, 0) is 143 Å². The zero-order chi connectivity index (χ0) is 26.9. The first kappa shape index (κ1) is 27.3. The molecule has 1 fully saturated rings. The molecule has 1 nitrogen and oxygen atoms in total. The summed E-state index contributed by atoms with van der Waals surface area (Å²) in [6, 6.07) is 12.0. The first-order valence-electron chi connectivity index (χ1n) is 13.4. The molecule has 1 aliphatic carbocycles. The van der Waals surface area contributed by atoms with Gasteiger partial charge in [0.05, 0.1) is 5.56 Å². The molecule has 0 saturated heterocycles. The fraction of sp³-hybridized carbons (Fsp3) is 0.455. The quantitative estimate of drug-likeness (QED) is 0.309. The Bertz CT molecular complexity index is 1220. The van der Waals surface area contributed by atoms with Crippen LogP contribution in [0.4, 0.5) is 13.2 Å². The van der Waals surface area contributed by atoms with Crippen molar-refractivity contribution in [1.29, 1.82) is 0 Å². The summed E-state index contributed by atoms with van der Waals surface area (Å²) in [5, 5.41) is 0. The summed E-state index contributed by atoms with van der Waals surface area (Å²) in [5.74, 6) is 0.598. The van der Waals surface area contributed by atoms with E-state index in [9.17, 15) is 13.2 Å². The molecular formula is C33H39F3O. The van der Waals surface area contributed by atoms with Crippen LogP contribution >= 0.6 is 0 Å². The number of alkyl halides is 2. The van der Waals surface area contributed by atoms with Crippen molar-refractivity contribution in [2.75, 3.05) is 0 Å². The van der Waals surface area contributed by atoms with Gasteiger partial charge in [-0.25, -0.2) is 4.39 Å². The first-order valence-corrected chi connectivity index (χ1v) is 13.4. The van der Waals surface area contributed by atoms with Crippen molar-refractivity contribution in [2.45, 2.75) is 86.2 Å². The maximum Gasteiger partial charge on any atom is 0.426 e. The van der Waals surface area contributed by atoms with Gasteiger partial charge in [0, 0.05) is 0 Å². The fourth-order valence-electron chi connectivity index (χ4n) is 5.94. The fourth-order valence-corrected chi connectivity index (χ4v) is 5.94. The molecule has 0 radical (unpaired) electrons. The molecule has 0 atom stereocenters. The van der Waals surface area contributed by atoms with Crippen molar-refractivity contribution in [1.82, 2.24) is 0 Å². The number of hydrogen-bond acceptors (Lipinski definition) is 1. The van der Waals surface area contributed by atoms with E-state index in [1.54, 1.807) is 26.0 Å². The molecule has 0 amide bonds. The van der Waals surface area contributed by atoms with Gasteiger partial charge >= 0.3 is 6.11 Å². The summed E-state index contributed by atoms with van der Waals surface area (Å²) in [5.41, 5.74) is 7.78. The molecule has 0 spiro atoms. The first-order chi connectivity index (χ1) is 17.4. The SMILES string of the molecule is Cc1cc(C)c(OC(F)(F)c2ccc(CC3CCC(Cc4cc(C)c(C)c(C)c4)CC3)c(F)c2)c(C)c1. The van der Waals surface area contributed by atoms with Crippen LogP contribution in [0.2, 0.25) is 0 Å². The zero-order valence-corrected chi connectivity index (χ0v) is 23.0. The van der Waals surface area contributed by atoms with Crippen LogP contribution in [-0.4, -0.2) is 0 Å². The highest BCUT2D eigenvalue weighted by Gasteiger charge is 2.36. The third kappa shape index (κ3) is 6.40. The predicted molar refractivity (Wildman–Crippen MR) is 145 cm³/mol. The van der Waals surface area contributed by atoms with Crippen LogP contribution in [0.3, 0.4) is 0 Å². The number of aryl methyl sites for hydroxylation is 5. The van der Waals surface area contributed by atoms with Crippen molar-refractivity contribution in [3.05, 3.63) is 98.4 Å². The van der Waals surface area contributed by atoms with Crippen LogP contribution in [0.25, 0.3) is 0 Å². The smallest absolute Gasteiger partial charge is 0.426 e. The van der Waals surface area contributed by atoms with Gasteiger partial charge in [-0.1, -0.05) is 35.9 Å². The maximum absolute atomic E-state index is 15.0. The van der Waals surface area contributed by atoms with Crippen LogP contribution in [0.1, 0.15) is 75.8 Å². The Hall–Kier alpha value is -2.75. The lowest BCUT2D eigenvalue weighted by Gasteiger charge is -2.29. The molecule has 3 aromatic rings. The molecule has 37 heavy (non-hydrogen) atoms. The summed E-state index contributed by atoms with van der Waals surface area (Å²) in [6.07, 6.45) is 2.39. The number of halogens is 3. The molecule has 198 valence electrons. The van der Waals surface area contributed by atoms with Crippen LogP contribution in [0.5, 0.6) is 5.75 Å². The highest BCUT2D eigenvalue weighted by molar-refractivity contribution is 5.43. The lowest BCUT2D eigenvalue weighted by atomic mass is 9.77. The maximum atomic E-state index is 15.0. The minimum atomic E-state index is -3.62. The number of hydrogen-bond donors (Lipinski definition) is 0. The Morgan fingerprint density at radius 2 is 1.27 bits per heavy atom. The predicted octanol–water partition coefficient (Wildman–Crippen LogP) is 9.40. The molecule has 3 aromatic carbocycles. The van der Waals surface area contributed by atoms with E-state index in [-0.39, 0.29) is 5.75 Å². The Morgan fingerprint density at radius 1 is 0.730 bits per heavy atom. The molecule has 4 rings (SSSR count). The van der Waals surface area contributed by atoms with Gasteiger partial charge in [-0.15, -0.1) is 0 Å². The van der Waals surface area contributed by atoms with Crippen molar-refractivity contribution < 1.29 is 17.9 Å². The van der Waals surface area contributed by atoms with Gasteiger partial charge in [-0.2, -0.15) is 8.78 Å². The Balaban J connectivity index is 1.37. The Kier molecular flexibility index (Phi) is 8.06. The van der Waals surface area contributed by atoms with E-state index in [1.807, 2.05) is 6.92 Å². The number of ether oxygens (including phenoxy) is 1. The average molecular weight is 509 g/mol. The van der Waals surface area contributed by atoms with E-state index in [4.69, 9.17) is 4.74 Å². The van der Waals surface area contributed by atoms with Gasteiger partial charge in [0.25, 0.3) is 0 Å². The molecule has 4 heteroatoms. The van der Waals surface area contributed by atoms with Crippen molar-refractivity contribution in [3.63, 3.8) is 0 Å². The minimum absolute atomic E-state index is 0.146. The Morgan fingerprint density at radius 3 is 1.81 bits per heavy atom. The Labute approximate surface area is 220 Å². The van der Waals surface area contributed by atoms with Crippen LogP contribution in [0, 0.1) is 59.2 Å². The van der Waals surface area contributed by atoms with E-state index in [1.165, 1.54) is 34.4 Å². The second-order valence-electron chi connectivity index (χ2n) is 11.3. The normalized spacial score (nSPS) is 18.2. The second-order valence-corrected chi connectivity index (χ2v) is 11.3. The van der Waals surface area contributed by atoms with Gasteiger partial charge in [0.2, 0.25) is 0 Å². The summed E-state index contributed by atoms with van der Waals surface area (Å²) >= 11 is 0. The summed E-state index contributed by atoms with van der Waals surface area (Å²) in [4.78, 5) is 0. The summed E-state index contributed by atoms with van der Waals surface area (Å²) < 4.78 is 50.1. The minimum Gasteiger partial charge on any atom is -0.428 e. The lowest BCUT2D eigenvalue weighted by Crippen LogP contribution is -2.23. The number of benzene rings is 3. The molecule has 1 aliphatic rings. The summed E-state index contributed by atoms with van der Waals surface area (Å²) in [7, 11) is 0. The van der Waals surface area contributed by atoms with Crippen LogP contribution < -0.4 is 4.74 Å². The average Bonchev–Trinajstić information content (AvgIpc) is 2.82. The van der Waals surface area contributed by atoms with Crippen LogP contribution in [-0.2, 0) is 19.0 Å². The monoisotopic (exact) mass is 508 g/mol. The topological polar surface area (TPSA) is 9.23 Å². The molecule has 0 bridgehead atoms. The van der Waals surface area contributed by atoms with Gasteiger partial charge < -0.3 is 4.74 Å². The molecule has 0 N–H and O–H groups in total. The molecule has 1 saturated carbocycles. The third-order valence-corrected chi connectivity index (χ3v) is 8.21. The standard InChI is InChI=1S/C33H39F3O/c1-20-13-23(4)32(24(5)14-20)37-33(35,36)30-12-11-29(31(34)19-30)18-27-9-7-26(8-10-27)17-28-15-21(2)25(6)22(3)16-28/h11-16,19,26-27H,7-10,17-18H2,1-6H3. The molecule has 0 unspecified atom stereocenters. The molecule has 0 aliphatic heterocycles. The van der Waals surface area contributed by atoms with E-state index in [2.05, 4.69) is 32.9 Å². The largest absolute Gasteiger partial charge is 0.428 e. The second kappa shape index (κ2) is 10.9. The van der Waals surface area contributed by atoms with Gasteiger partial charge in [0.15, 0.2) is 0 Å².